The van der Waals surface area contributed by atoms with E-state index in [-0.39, 0.29) is 25.9 Å². The molecule has 2 N–H and O–H groups in total. The number of hydrogen-bond acceptors (Lipinski definition) is 10. The number of unbranched alkanes of at least 4 members (excludes halogenated alkanes) is 22. The second-order valence-corrected chi connectivity index (χ2v) is 19.8. The van der Waals surface area contributed by atoms with Crippen LogP contribution in [0.1, 0.15) is 239 Å². The third-order valence-electron chi connectivity index (χ3n) is 11.6. The number of hydrogen-bond donors (Lipinski definition) is 2. The van der Waals surface area contributed by atoms with Gasteiger partial charge < -0.3 is 24.2 Å². The number of esters is 3. The van der Waals surface area contributed by atoms with Gasteiger partial charge in [0.25, 0.3) is 0 Å². The predicted molar refractivity (Wildman–Crippen MR) is 288 cm³/mol. The number of ether oxygens (including phenoxy) is 3. The fourth-order valence-electron chi connectivity index (χ4n) is 7.34. The minimum Gasteiger partial charge on any atom is -0.462 e. The molecule has 0 bridgehead atoms. The minimum absolute atomic E-state index is 0.151. The van der Waals surface area contributed by atoms with Crippen molar-refractivity contribution in [2.24, 2.45) is 0 Å². The summed E-state index contributed by atoms with van der Waals surface area (Å²) in [5, 5.41) is 9.79. The van der Waals surface area contributed by atoms with Gasteiger partial charge in [0.15, 0.2) is 6.10 Å². The van der Waals surface area contributed by atoms with E-state index in [1.165, 1.54) is 38.5 Å². The molecule has 0 rings (SSSR count). The number of aliphatic hydroxyl groups excluding tert-OH is 1. The Balaban J connectivity index is 4.76. The first kappa shape index (κ1) is 66.9. The van der Waals surface area contributed by atoms with E-state index in [1.807, 2.05) is 0 Å². The zero-order chi connectivity index (χ0) is 51.3. The van der Waals surface area contributed by atoms with Crippen LogP contribution < -0.4 is 0 Å². The minimum atomic E-state index is -4.75. The van der Waals surface area contributed by atoms with Gasteiger partial charge in [0.05, 0.1) is 19.8 Å². The molecule has 0 aliphatic heterocycles. The number of rotatable bonds is 51. The highest BCUT2D eigenvalue weighted by molar-refractivity contribution is 7.47. The van der Waals surface area contributed by atoms with E-state index in [0.717, 1.165) is 141 Å². The average molecular weight is 1010 g/mol. The van der Waals surface area contributed by atoms with Gasteiger partial charge in [-0.05, 0) is 103 Å². The third kappa shape index (κ3) is 49.9. The first-order chi connectivity index (χ1) is 34.2. The number of carbonyl (C=O) groups is 3. The van der Waals surface area contributed by atoms with E-state index in [9.17, 15) is 28.9 Å². The molecule has 404 valence electrons. The van der Waals surface area contributed by atoms with Crippen LogP contribution in [0, 0.1) is 0 Å². The van der Waals surface area contributed by atoms with Gasteiger partial charge in [0.1, 0.15) is 12.7 Å². The van der Waals surface area contributed by atoms with Crippen molar-refractivity contribution >= 4 is 25.7 Å². The molecule has 0 saturated heterocycles. The van der Waals surface area contributed by atoms with Crippen LogP contribution in [0.25, 0.3) is 0 Å². The Morgan fingerprint density at radius 3 is 1.21 bits per heavy atom. The van der Waals surface area contributed by atoms with Crippen LogP contribution >= 0.6 is 7.82 Å². The molecule has 0 aromatic rings. The second-order valence-electron chi connectivity index (χ2n) is 18.4. The number of phosphoric ester groups is 1. The maximum atomic E-state index is 12.9. The van der Waals surface area contributed by atoms with Gasteiger partial charge in [-0.15, -0.1) is 0 Å². The molecule has 11 nitrogen and oxygen atoms in total. The standard InChI is InChI=1S/C58H101O11P/c1-4-7-10-13-16-19-22-25-26-27-28-31-34-37-40-43-46-49-58(62)69-55(51-65-56(60)47-44-41-38-35-32-29-23-20-17-14-11-8-5-2)53-67-70(63,64)66-52-54(50-59)68-57(61)48-45-42-39-36-33-30-24-21-18-15-12-9-6-3/h7,10-11,14,16,19-21,23-26,54-55,59H,4-6,8-9,12-13,15,17-18,22,27-53H2,1-3H3,(H,63,64)/b10-7-,14-11-,19-16-,23-20-,24-21-,26-25-. The number of carbonyl (C=O) groups excluding carboxylic acids is 3. The van der Waals surface area contributed by atoms with Crippen molar-refractivity contribution in [3.05, 3.63) is 72.9 Å². The molecule has 12 heteroatoms. The maximum absolute atomic E-state index is 12.9. The zero-order valence-electron chi connectivity index (χ0n) is 44.5. The lowest BCUT2D eigenvalue weighted by atomic mass is 10.1. The molecule has 0 aromatic carbocycles. The lowest BCUT2D eigenvalue weighted by molar-refractivity contribution is -0.161. The van der Waals surface area contributed by atoms with Crippen molar-refractivity contribution in [3.63, 3.8) is 0 Å². The van der Waals surface area contributed by atoms with Gasteiger partial charge in [-0.1, -0.05) is 190 Å². The third-order valence-corrected chi connectivity index (χ3v) is 12.5. The maximum Gasteiger partial charge on any atom is 0.472 e. The Morgan fingerprint density at radius 1 is 0.414 bits per heavy atom. The molecule has 0 aliphatic rings. The highest BCUT2D eigenvalue weighted by Crippen LogP contribution is 2.43. The fraction of sp³-hybridized carbons (Fsp3) is 0.741. The van der Waals surface area contributed by atoms with Crippen LogP contribution in [0.2, 0.25) is 0 Å². The van der Waals surface area contributed by atoms with Crippen molar-refractivity contribution in [2.75, 3.05) is 26.4 Å². The number of allylic oxidation sites excluding steroid dienone is 12. The lowest BCUT2D eigenvalue weighted by Crippen LogP contribution is -2.30. The summed E-state index contributed by atoms with van der Waals surface area (Å²) >= 11 is 0. The van der Waals surface area contributed by atoms with Gasteiger partial charge in [-0.25, -0.2) is 4.57 Å². The van der Waals surface area contributed by atoms with Crippen molar-refractivity contribution in [1.82, 2.24) is 0 Å². The molecule has 0 aromatic heterocycles. The summed E-state index contributed by atoms with van der Waals surface area (Å²) in [4.78, 5) is 48.4. The van der Waals surface area contributed by atoms with Crippen LogP contribution in [-0.4, -0.2) is 66.5 Å². The summed E-state index contributed by atoms with van der Waals surface area (Å²) in [5.74, 6) is -1.50. The molecular weight excluding hydrogens is 904 g/mol. The molecule has 3 atom stereocenters. The van der Waals surface area contributed by atoms with E-state index >= 15 is 0 Å². The molecule has 3 unspecified atom stereocenters. The molecule has 0 radical (unpaired) electrons. The first-order valence-electron chi connectivity index (χ1n) is 27.8. The average Bonchev–Trinajstić information content (AvgIpc) is 3.35. The summed E-state index contributed by atoms with van der Waals surface area (Å²) in [6, 6.07) is 0. The van der Waals surface area contributed by atoms with Crippen molar-refractivity contribution in [2.45, 2.75) is 251 Å². The molecule has 70 heavy (non-hydrogen) atoms. The SMILES string of the molecule is CC/C=C\C/C=C\C/C=C\CCCCCCCCCC(=O)OC(COC(=O)CCCCCCC/C=C\C/C=C\CCC)COP(=O)(O)OCC(CO)OC(=O)CCCCCCC/C=C\CCCCCC. The summed E-state index contributed by atoms with van der Waals surface area (Å²) < 4.78 is 39.4. The van der Waals surface area contributed by atoms with Gasteiger partial charge in [0, 0.05) is 19.3 Å². The summed E-state index contributed by atoms with van der Waals surface area (Å²) in [6.07, 6.45) is 57.2. The first-order valence-corrected chi connectivity index (χ1v) is 29.3. The van der Waals surface area contributed by atoms with Crippen LogP contribution in [0.4, 0.5) is 0 Å². The van der Waals surface area contributed by atoms with Crippen LogP contribution in [0.3, 0.4) is 0 Å². The van der Waals surface area contributed by atoms with E-state index < -0.39 is 57.8 Å². The van der Waals surface area contributed by atoms with Gasteiger partial charge in [-0.2, -0.15) is 0 Å². The topological polar surface area (TPSA) is 155 Å². The van der Waals surface area contributed by atoms with Crippen LogP contribution in [0.5, 0.6) is 0 Å². The Bertz CT molecular complexity index is 1450. The normalized spacial score (nSPS) is 14.0. The molecule has 0 amide bonds. The van der Waals surface area contributed by atoms with Crippen molar-refractivity contribution in [1.29, 1.82) is 0 Å². The fourth-order valence-corrected chi connectivity index (χ4v) is 8.13. The Hall–Kier alpha value is -3.08. The number of aliphatic hydroxyl groups is 1. The van der Waals surface area contributed by atoms with E-state index in [0.29, 0.717) is 19.3 Å². The van der Waals surface area contributed by atoms with Gasteiger partial charge >= 0.3 is 25.7 Å². The molecule has 0 fully saturated rings. The Kier molecular flexibility index (Phi) is 50.0. The largest absolute Gasteiger partial charge is 0.472 e. The van der Waals surface area contributed by atoms with Crippen molar-refractivity contribution < 1.29 is 52.2 Å². The summed E-state index contributed by atoms with van der Waals surface area (Å²) in [5.41, 5.74) is 0. The van der Waals surface area contributed by atoms with Crippen molar-refractivity contribution in [3.8, 4) is 0 Å². The molecule has 0 aliphatic carbocycles. The highest BCUT2D eigenvalue weighted by Gasteiger charge is 2.28. The second kappa shape index (κ2) is 52.2. The van der Waals surface area contributed by atoms with E-state index in [2.05, 4.69) is 93.7 Å². The Labute approximate surface area is 427 Å². The molecule has 0 spiro atoms. The van der Waals surface area contributed by atoms with Gasteiger partial charge in [0.2, 0.25) is 0 Å². The summed E-state index contributed by atoms with van der Waals surface area (Å²) in [6.45, 7) is 4.42. The highest BCUT2D eigenvalue weighted by atomic mass is 31.2. The summed E-state index contributed by atoms with van der Waals surface area (Å²) in [7, 11) is -4.75. The molecule has 0 saturated carbocycles. The Morgan fingerprint density at radius 2 is 0.771 bits per heavy atom. The quantitative estimate of drug-likeness (QED) is 0.0197. The van der Waals surface area contributed by atoms with Gasteiger partial charge in [-0.3, -0.25) is 23.4 Å². The lowest BCUT2D eigenvalue weighted by Gasteiger charge is -2.21. The van der Waals surface area contributed by atoms with Crippen LogP contribution in [-0.2, 0) is 42.2 Å². The van der Waals surface area contributed by atoms with E-state index in [4.69, 9.17) is 23.3 Å². The monoisotopic (exact) mass is 1000 g/mol. The zero-order valence-corrected chi connectivity index (χ0v) is 45.4. The predicted octanol–water partition coefficient (Wildman–Crippen LogP) is 16.1. The molecular formula is C58H101O11P. The molecule has 0 heterocycles. The van der Waals surface area contributed by atoms with E-state index in [1.54, 1.807) is 0 Å². The number of phosphoric acid groups is 1. The smallest absolute Gasteiger partial charge is 0.462 e. The van der Waals surface area contributed by atoms with Crippen LogP contribution in [0.15, 0.2) is 72.9 Å².